The summed E-state index contributed by atoms with van der Waals surface area (Å²) >= 11 is 6.29. The number of ether oxygens (including phenoxy) is 1. The molecule has 2 aliphatic heterocycles. The lowest BCUT2D eigenvalue weighted by Crippen LogP contribution is -2.53. The molecule has 5 nitrogen and oxygen atoms in total. The summed E-state index contributed by atoms with van der Waals surface area (Å²) in [4.78, 5) is 16.3. The number of carbonyl (C=O) groups is 1. The minimum atomic E-state index is -0.204. The molecule has 1 amide bonds. The number of dihydropyridines is 1. The fourth-order valence-corrected chi connectivity index (χ4v) is 4.61. The highest BCUT2D eigenvalue weighted by Gasteiger charge is 2.37. The average molecular weight is 388 g/mol. The molecular formula is C21H26ClN3O2. The number of hydrogen-bond acceptors (Lipinski definition) is 4. The molecule has 3 aliphatic rings. The third kappa shape index (κ3) is 3.71. The van der Waals surface area contributed by atoms with Gasteiger partial charge >= 0.3 is 6.09 Å². The lowest BCUT2D eigenvalue weighted by molar-refractivity contribution is 0.0611. The van der Waals surface area contributed by atoms with E-state index in [4.69, 9.17) is 16.3 Å². The van der Waals surface area contributed by atoms with Crippen LogP contribution in [0, 0.1) is 0 Å². The first-order valence-electron chi connectivity index (χ1n) is 9.73. The zero-order valence-electron chi connectivity index (χ0n) is 15.7. The van der Waals surface area contributed by atoms with E-state index in [1.54, 1.807) is 0 Å². The van der Waals surface area contributed by atoms with E-state index in [0.717, 1.165) is 31.0 Å². The number of hydrogen-bond donors (Lipinski definition) is 1. The maximum absolute atomic E-state index is 12.0. The van der Waals surface area contributed by atoms with Crippen molar-refractivity contribution in [1.82, 2.24) is 15.1 Å². The molecule has 27 heavy (non-hydrogen) atoms. The van der Waals surface area contributed by atoms with Gasteiger partial charge in [0.2, 0.25) is 0 Å². The summed E-state index contributed by atoms with van der Waals surface area (Å²) in [5.74, 6) is 0. The maximum atomic E-state index is 12.0. The molecule has 2 unspecified atom stereocenters. The fraction of sp³-hybridized carbons (Fsp3) is 0.476. The van der Waals surface area contributed by atoms with Crippen molar-refractivity contribution in [3.63, 3.8) is 0 Å². The topological polar surface area (TPSA) is 44.8 Å². The van der Waals surface area contributed by atoms with Gasteiger partial charge in [0.25, 0.3) is 0 Å². The van der Waals surface area contributed by atoms with Gasteiger partial charge in [-0.25, -0.2) is 4.79 Å². The van der Waals surface area contributed by atoms with Crippen LogP contribution in [0.4, 0.5) is 4.79 Å². The third-order valence-electron chi connectivity index (χ3n) is 5.74. The van der Waals surface area contributed by atoms with Crippen molar-refractivity contribution in [2.75, 3.05) is 32.8 Å². The Labute approximate surface area is 165 Å². The van der Waals surface area contributed by atoms with Gasteiger partial charge in [-0.3, -0.25) is 4.90 Å². The number of piperazine rings is 1. The standard InChI is InChI=1S/C21H26ClN3O2/c1-2-27-21(26)25-12-10-24(11-13-25)20-18-8-7-17(22)14-16(18)6-5-15-4-3-9-23-19(15)20/h3-4,7-9,14,19-20,23H,2,5-6,10-13H2,1H3. The molecule has 1 aromatic rings. The Hall–Kier alpha value is -1.98. The van der Waals surface area contributed by atoms with Crippen LogP contribution in [0.1, 0.15) is 30.5 Å². The minimum Gasteiger partial charge on any atom is -0.450 e. The second-order valence-electron chi connectivity index (χ2n) is 7.25. The number of halogens is 1. The van der Waals surface area contributed by atoms with Crippen LogP contribution in [0.2, 0.25) is 5.02 Å². The Bertz CT molecular complexity index is 769. The summed E-state index contributed by atoms with van der Waals surface area (Å²) < 4.78 is 5.16. The first kappa shape index (κ1) is 18.4. The molecule has 2 heterocycles. The van der Waals surface area contributed by atoms with Gasteiger partial charge in [-0.05, 0) is 60.9 Å². The Morgan fingerprint density at radius 1 is 1.26 bits per heavy atom. The molecule has 1 aliphatic carbocycles. The summed E-state index contributed by atoms with van der Waals surface area (Å²) in [5, 5.41) is 4.39. The van der Waals surface area contributed by atoms with Crippen LogP contribution >= 0.6 is 11.6 Å². The van der Waals surface area contributed by atoms with Gasteiger partial charge in [-0.1, -0.05) is 23.7 Å². The number of nitrogens with zero attached hydrogens (tertiary/aromatic N) is 2. The van der Waals surface area contributed by atoms with Gasteiger partial charge in [-0.2, -0.15) is 0 Å². The largest absolute Gasteiger partial charge is 0.450 e. The summed E-state index contributed by atoms with van der Waals surface area (Å²) in [5.41, 5.74) is 4.11. The Morgan fingerprint density at radius 3 is 2.85 bits per heavy atom. The van der Waals surface area contributed by atoms with Crippen LogP contribution in [0.5, 0.6) is 0 Å². The molecule has 2 atom stereocenters. The monoisotopic (exact) mass is 387 g/mol. The van der Waals surface area contributed by atoms with Crippen LogP contribution in [-0.4, -0.2) is 54.7 Å². The van der Waals surface area contributed by atoms with E-state index >= 15 is 0 Å². The first-order chi connectivity index (χ1) is 13.2. The van der Waals surface area contributed by atoms with Gasteiger partial charge in [0.15, 0.2) is 0 Å². The normalized spacial score (nSPS) is 25.0. The highest BCUT2D eigenvalue weighted by Crippen LogP contribution is 2.38. The number of fused-ring (bicyclic) bond motifs is 2. The number of amides is 1. The van der Waals surface area contributed by atoms with E-state index in [-0.39, 0.29) is 18.2 Å². The SMILES string of the molecule is CCOC(=O)N1CCN(C2c3ccc(Cl)cc3CCC3=CC=CNC32)CC1. The second kappa shape index (κ2) is 7.95. The van der Waals surface area contributed by atoms with Crippen molar-refractivity contribution in [1.29, 1.82) is 0 Å². The molecule has 1 N–H and O–H groups in total. The van der Waals surface area contributed by atoms with E-state index in [9.17, 15) is 4.79 Å². The van der Waals surface area contributed by atoms with E-state index in [1.807, 2.05) is 24.1 Å². The van der Waals surface area contributed by atoms with Crippen LogP contribution in [-0.2, 0) is 11.2 Å². The first-order valence-corrected chi connectivity index (χ1v) is 10.1. The van der Waals surface area contributed by atoms with Crippen molar-refractivity contribution in [2.24, 2.45) is 0 Å². The molecule has 4 rings (SSSR count). The molecule has 0 bridgehead atoms. The maximum Gasteiger partial charge on any atom is 0.409 e. The van der Waals surface area contributed by atoms with Gasteiger partial charge in [0.05, 0.1) is 18.7 Å². The zero-order chi connectivity index (χ0) is 18.8. The van der Waals surface area contributed by atoms with E-state index in [2.05, 4.69) is 34.5 Å². The average Bonchev–Trinajstić information content (AvgIpc) is 2.85. The number of benzene rings is 1. The Morgan fingerprint density at radius 2 is 2.07 bits per heavy atom. The Balaban J connectivity index is 1.60. The smallest absolute Gasteiger partial charge is 0.409 e. The zero-order valence-corrected chi connectivity index (χ0v) is 16.4. The van der Waals surface area contributed by atoms with Gasteiger partial charge < -0.3 is 15.0 Å². The highest BCUT2D eigenvalue weighted by atomic mass is 35.5. The summed E-state index contributed by atoms with van der Waals surface area (Å²) in [7, 11) is 0. The molecule has 1 aromatic carbocycles. The predicted molar refractivity (Wildman–Crippen MR) is 107 cm³/mol. The summed E-state index contributed by atoms with van der Waals surface area (Å²) in [6, 6.07) is 6.79. The molecule has 0 aromatic heterocycles. The number of allylic oxidation sites excluding steroid dienone is 2. The molecule has 0 saturated carbocycles. The lowest BCUT2D eigenvalue weighted by atomic mass is 9.90. The van der Waals surface area contributed by atoms with Crippen molar-refractivity contribution >= 4 is 17.7 Å². The van der Waals surface area contributed by atoms with Gasteiger partial charge in [0.1, 0.15) is 0 Å². The minimum absolute atomic E-state index is 0.204. The number of aryl methyl sites for hydroxylation is 1. The van der Waals surface area contributed by atoms with Crippen molar-refractivity contribution in [2.45, 2.75) is 31.8 Å². The van der Waals surface area contributed by atoms with E-state index in [0.29, 0.717) is 19.7 Å². The molecule has 0 radical (unpaired) electrons. The lowest BCUT2D eigenvalue weighted by Gasteiger charge is -2.43. The molecule has 1 fully saturated rings. The van der Waals surface area contributed by atoms with E-state index in [1.165, 1.54) is 16.7 Å². The van der Waals surface area contributed by atoms with Crippen LogP contribution in [0.3, 0.4) is 0 Å². The predicted octanol–water partition coefficient (Wildman–Crippen LogP) is 3.51. The van der Waals surface area contributed by atoms with Crippen molar-refractivity contribution in [3.8, 4) is 0 Å². The summed E-state index contributed by atoms with van der Waals surface area (Å²) in [6.07, 6.45) is 8.21. The molecule has 6 heteroatoms. The second-order valence-corrected chi connectivity index (χ2v) is 7.69. The van der Waals surface area contributed by atoms with E-state index < -0.39 is 0 Å². The molecule has 0 spiro atoms. The number of nitrogens with one attached hydrogen (secondary N) is 1. The van der Waals surface area contributed by atoms with Gasteiger partial charge in [-0.15, -0.1) is 0 Å². The number of carbonyl (C=O) groups excluding carboxylic acids is 1. The number of rotatable bonds is 2. The molecule has 1 saturated heterocycles. The summed E-state index contributed by atoms with van der Waals surface area (Å²) in [6.45, 7) is 5.32. The third-order valence-corrected chi connectivity index (χ3v) is 5.97. The molecule has 144 valence electrons. The van der Waals surface area contributed by atoms with Crippen LogP contribution in [0.15, 0.2) is 42.1 Å². The quantitative estimate of drug-likeness (QED) is 0.843. The van der Waals surface area contributed by atoms with Gasteiger partial charge in [0, 0.05) is 31.2 Å². The fourth-order valence-electron chi connectivity index (χ4n) is 4.42. The van der Waals surface area contributed by atoms with Crippen molar-refractivity contribution in [3.05, 3.63) is 58.3 Å². The molecular weight excluding hydrogens is 362 g/mol. The Kier molecular flexibility index (Phi) is 5.41. The van der Waals surface area contributed by atoms with Crippen LogP contribution in [0.25, 0.3) is 0 Å². The van der Waals surface area contributed by atoms with Crippen LogP contribution < -0.4 is 5.32 Å². The highest BCUT2D eigenvalue weighted by molar-refractivity contribution is 6.30. The van der Waals surface area contributed by atoms with Crippen molar-refractivity contribution < 1.29 is 9.53 Å².